The smallest absolute Gasteiger partial charge is 0.257 e. The fraction of sp³-hybridized carbons (Fsp3) is 0.500. The minimum Gasteiger partial charge on any atom is -0.466 e. The lowest BCUT2D eigenvalue weighted by molar-refractivity contribution is -0.208. The molecule has 2 atom stereocenters. The van der Waals surface area contributed by atoms with Crippen LogP contribution in [0.2, 0.25) is 0 Å². The van der Waals surface area contributed by atoms with Gasteiger partial charge in [-0.05, 0) is 32.1 Å². The molecule has 0 spiro atoms. The predicted molar refractivity (Wildman–Crippen MR) is 124 cm³/mol. The SMILES string of the molecule is [B]C([B])([B])n1cc(Nc2ncc3cc(C#N)n([C@@H](C)COC)c3n2)c(OC2COC2(C)C)n1. The van der Waals surface area contributed by atoms with E-state index in [4.69, 9.17) is 37.7 Å². The van der Waals surface area contributed by atoms with Gasteiger partial charge in [0.05, 0.1) is 49.0 Å². The number of nitriles is 1. The van der Waals surface area contributed by atoms with Crippen molar-refractivity contribution in [3.63, 3.8) is 0 Å². The van der Waals surface area contributed by atoms with E-state index < -0.39 is 10.8 Å². The lowest BCUT2D eigenvalue weighted by Gasteiger charge is -2.43. The van der Waals surface area contributed by atoms with E-state index in [0.717, 1.165) is 5.39 Å². The van der Waals surface area contributed by atoms with Crippen LogP contribution in [0.25, 0.3) is 11.0 Å². The van der Waals surface area contributed by atoms with Crippen LogP contribution in [0.5, 0.6) is 5.88 Å². The van der Waals surface area contributed by atoms with Gasteiger partial charge in [-0.25, -0.2) is 4.98 Å². The number of nitrogens with zero attached hydrogens (tertiary/aromatic N) is 6. The quantitative estimate of drug-likeness (QED) is 0.518. The molecule has 1 fully saturated rings. The van der Waals surface area contributed by atoms with Crippen molar-refractivity contribution in [3.05, 3.63) is 24.2 Å². The maximum atomic E-state index is 9.56. The van der Waals surface area contributed by atoms with E-state index in [0.29, 0.717) is 30.2 Å². The van der Waals surface area contributed by atoms with Gasteiger partial charge >= 0.3 is 0 Å². The number of hydrogen-bond acceptors (Lipinski definition) is 8. The molecule has 1 N–H and O–H groups in total. The molecular weight excluding hydrogens is 419 g/mol. The molecule has 1 unspecified atom stereocenters. The van der Waals surface area contributed by atoms with Crippen molar-refractivity contribution < 1.29 is 14.2 Å². The second kappa shape index (κ2) is 8.43. The first-order valence-electron chi connectivity index (χ1n) is 10.3. The van der Waals surface area contributed by atoms with E-state index in [9.17, 15) is 5.26 Å². The zero-order valence-corrected chi connectivity index (χ0v) is 18.9. The fourth-order valence-corrected chi connectivity index (χ4v) is 3.56. The first kappa shape index (κ1) is 23.2. The molecule has 164 valence electrons. The molecule has 3 aromatic heterocycles. The Bertz CT molecular complexity index is 1210. The van der Waals surface area contributed by atoms with Crippen molar-refractivity contribution >= 4 is 46.2 Å². The number of hydrogen-bond donors (Lipinski definition) is 1. The third-order valence-corrected chi connectivity index (χ3v) is 5.50. The van der Waals surface area contributed by atoms with Crippen LogP contribution >= 0.6 is 0 Å². The molecule has 1 saturated heterocycles. The Labute approximate surface area is 195 Å². The number of fused-ring (bicyclic) bond motifs is 1. The van der Waals surface area contributed by atoms with E-state index in [1.54, 1.807) is 19.4 Å². The molecular formula is C20H22B3N7O3. The standard InChI is InChI=1S/C20H22B3N7O3/c1-11(9-31-4)30-13(6-24)5-12-7-25-18(27-16(12)30)26-14-8-29(20(21,22)23)28-17(14)33-15-10-32-19(15,2)3/h5,7-8,11,15H,9-10H2,1-4H3,(H,25,26,27)/t11-,15?/m0/s1. The first-order chi connectivity index (χ1) is 15.5. The zero-order chi connectivity index (χ0) is 24.0. The molecule has 33 heavy (non-hydrogen) atoms. The molecule has 3 aromatic rings. The van der Waals surface area contributed by atoms with Crippen LogP contribution in [0.4, 0.5) is 11.6 Å². The first-order valence-corrected chi connectivity index (χ1v) is 10.3. The highest BCUT2D eigenvalue weighted by molar-refractivity contribution is 6.56. The molecule has 0 saturated carbocycles. The molecule has 13 heteroatoms. The highest BCUT2D eigenvalue weighted by Crippen LogP contribution is 2.34. The monoisotopic (exact) mass is 441 g/mol. The zero-order valence-electron chi connectivity index (χ0n) is 18.9. The molecule has 6 radical (unpaired) electrons. The number of nitrogens with one attached hydrogen (secondary N) is 1. The topological polar surface area (TPSA) is 112 Å². The van der Waals surface area contributed by atoms with Crippen LogP contribution in [0.15, 0.2) is 18.5 Å². The predicted octanol–water partition coefficient (Wildman–Crippen LogP) is 1.08. The minimum atomic E-state index is -1.74. The van der Waals surface area contributed by atoms with E-state index in [2.05, 4.69) is 26.5 Å². The van der Waals surface area contributed by atoms with Crippen LogP contribution in [0, 0.1) is 11.3 Å². The molecule has 4 heterocycles. The van der Waals surface area contributed by atoms with Gasteiger partial charge in [0, 0.05) is 18.7 Å². The number of aromatic nitrogens is 5. The Kier molecular flexibility index (Phi) is 5.93. The van der Waals surface area contributed by atoms with Gasteiger partial charge in [-0.15, -0.1) is 5.10 Å². The van der Waals surface area contributed by atoms with Crippen molar-refractivity contribution in [1.29, 1.82) is 5.26 Å². The summed E-state index contributed by atoms with van der Waals surface area (Å²) in [6.07, 6.45) is 2.93. The summed E-state index contributed by atoms with van der Waals surface area (Å²) in [5.74, 6) is 0.493. The number of rotatable bonds is 8. The van der Waals surface area contributed by atoms with Crippen LogP contribution < -0.4 is 10.1 Å². The van der Waals surface area contributed by atoms with Gasteiger partial charge in [-0.1, -0.05) is 0 Å². The lowest BCUT2D eigenvalue weighted by atomic mass is 9.49. The van der Waals surface area contributed by atoms with E-state index in [-0.39, 0.29) is 24.0 Å². The Morgan fingerprint density at radius 1 is 1.42 bits per heavy atom. The highest BCUT2D eigenvalue weighted by Gasteiger charge is 2.43. The summed E-state index contributed by atoms with van der Waals surface area (Å²) in [6, 6.07) is 3.82. The molecule has 4 rings (SSSR count). The Balaban J connectivity index is 1.70. The van der Waals surface area contributed by atoms with Crippen molar-refractivity contribution in [2.24, 2.45) is 0 Å². The average Bonchev–Trinajstić information content (AvgIpc) is 3.32. The van der Waals surface area contributed by atoms with Gasteiger partial charge in [-0.3, -0.25) is 4.68 Å². The van der Waals surface area contributed by atoms with Gasteiger partial charge in [0.15, 0.2) is 6.10 Å². The van der Waals surface area contributed by atoms with Crippen LogP contribution in [-0.2, 0) is 14.7 Å². The molecule has 10 nitrogen and oxygen atoms in total. The Morgan fingerprint density at radius 2 is 2.18 bits per heavy atom. The summed E-state index contributed by atoms with van der Waals surface area (Å²) in [4.78, 5) is 8.98. The summed E-state index contributed by atoms with van der Waals surface area (Å²) in [6.45, 7) is 6.62. The fourth-order valence-electron chi connectivity index (χ4n) is 3.56. The van der Waals surface area contributed by atoms with E-state index >= 15 is 0 Å². The summed E-state index contributed by atoms with van der Waals surface area (Å²) in [7, 11) is 19.0. The summed E-state index contributed by atoms with van der Waals surface area (Å²) in [5, 5.41) is 15.9. The molecule has 0 bridgehead atoms. The van der Waals surface area contributed by atoms with Crippen molar-refractivity contribution in [1.82, 2.24) is 24.3 Å². The number of ether oxygens (including phenoxy) is 3. The van der Waals surface area contributed by atoms with Crippen molar-refractivity contribution in [3.8, 4) is 11.9 Å². The molecule has 1 aliphatic heterocycles. The van der Waals surface area contributed by atoms with Crippen LogP contribution in [0.1, 0.15) is 32.5 Å². The van der Waals surface area contributed by atoms with Gasteiger partial charge in [-0.2, -0.15) is 10.2 Å². The Hall–Kier alpha value is -2.97. The average molecular weight is 441 g/mol. The third-order valence-electron chi connectivity index (χ3n) is 5.50. The van der Waals surface area contributed by atoms with Gasteiger partial charge in [0.25, 0.3) is 5.88 Å². The molecule has 0 aromatic carbocycles. The summed E-state index contributed by atoms with van der Waals surface area (Å²) < 4.78 is 19.8. The Morgan fingerprint density at radius 3 is 2.76 bits per heavy atom. The summed E-state index contributed by atoms with van der Waals surface area (Å²) in [5.41, 5.74) is 1.01. The number of anilines is 2. The van der Waals surface area contributed by atoms with Gasteiger partial charge < -0.3 is 24.1 Å². The van der Waals surface area contributed by atoms with Gasteiger partial charge in [0.1, 0.15) is 28.7 Å². The maximum Gasteiger partial charge on any atom is 0.257 e. The van der Waals surface area contributed by atoms with Crippen molar-refractivity contribution in [2.45, 2.75) is 43.8 Å². The number of methoxy groups -OCH3 is 1. The van der Waals surface area contributed by atoms with E-state index in [1.165, 1.54) is 10.9 Å². The molecule has 0 aliphatic carbocycles. The van der Waals surface area contributed by atoms with Crippen LogP contribution in [-0.4, -0.2) is 79.9 Å². The third kappa shape index (κ3) is 4.45. The van der Waals surface area contributed by atoms with Crippen molar-refractivity contribution in [2.75, 3.05) is 25.6 Å². The second-order valence-electron chi connectivity index (χ2n) is 8.61. The lowest BCUT2D eigenvalue weighted by Crippen LogP contribution is -2.56. The second-order valence-corrected chi connectivity index (χ2v) is 8.61. The van der Waals surface area contributed by atoms with Crippen LogP contribution in [0.3, 0.4) is 0 Å². The van der Waals surface area contributed by atoms with E-state index in [1.807, 2.05) is 25.3 Å². The molecule has 1 aliphatic rings. The normalized spacial score (nSPS) is 18.5. The molecule has 0 amide bonds. The van der Waals surface area contributed by atoms with Gasteiger partial charge in [0.2, 0.25) is 5.95 Å². The largest absolute Gasteiger partial charge is 0.466 e. The highest BCUT2D eigenvalue weighted by atomic mass is 16.6. The maximum absolute atomic E-state index is 9.56. The summed E-state index contributed by atoms with van der Waals surface area (Å²) >= 11 is 0. The minimum absolute atomic E-state index is 0.111.